The van der Waals surface area contributed by atoms with Crippen LogP contribution < -0.4 is 0 Å². The molecule has 0 saturated heterocycles. The van der Waals surface area contributed by atoms with Crippen LogP contribution in [-0.2, 0) is 0 Å². The van der Waals surface area contributed by atoms with E-state index in [0.29, 0.717) is 0 Å². The van der Waals surface area contributed by atoms with Gasteiger partial charge < -0.3 is 0 Å². The zero-order valence-electron chi connectivity index (χ0n) is 4.15. The highest BCUT2D eigenvalue weighted by molar-refractivity contribution is 4.79. The van der Waals surface area contributed by atoms with Gasteiger partial charge in [0.05, 0.1) is 1.37 Å². The molecule has 0 spiro atoms. The summed E-state index contributed by atoms with van der Waals surface area (Å²) in [5.41, 5.74) is 0. The zero-order valence-corrected chi connectivity index (χ0v) is 3.15. The lowest BCUT2D eigenvalue weighted by molar-refractivity contribution is 1.42. The highest BCUT2D eigenvalue weighted by atomic mass is 13.6. The van der Waals surface area contributed by atoms with Gasteiger partial charge in [-0.05, 0) is 6.42 Å². The summed E-state index contributed by atoms with van der Waals surface area (Å²) in [5, 5.41) is 0. The van der Waals surface area contributed by atoms with Crippen molar-refractivity contribution in [2.75, 3.05) is 0 Å². The number of hydrogen-bond acceptors (Lipinski definition) is 0. The van der Waals surface area contributed by atoms with Gasteiger partial charge in [-0.3, -0.25) is 0 Å². The van der Waals surface area contributed by atoms with Crippen LogP contribution in [0, 0.1) is 0 Å². The van der Waals surface area contributed by atoms with Gasteiger partial charge in [-0.15, -0.1) is 13.1 Å². The molecule has 0 nitrogen and oxygen atoms in total. The molecule has 0 N–H and O–H groups in total. The maximum Gasteiger partial charge on any atom is 0.0535 e. The Bertz CT molecular complexity index is 55.0. The van der Waals surface area contributed by atoms with Gasteiger partial charge in [0.1, 0.15) is 0 Å². The minimum Gasteiger partial charge on any atom is -0.103 e. The largest absolute Gasteiger partial charge is 0.103 e. The van der Waals surface area contributed by atoms with E-state index in [4.69, 9.17) is 1.37 Å². The molecule has 0 unspecified atom stereocenters. The fourth-order valence-electron chi connectivity index (χ4n) is 0.0962. The molecule has 5 heavy (non-hydrogen) atoms. The van der Waals surface area contributed by atoms with Gasteiger partial charge in [0, 0.05) is 0 Å². The van der Waals surface area contributed by atoms with Crippen molar-refractivity contribution < 1.29 is 1.37 Å². The van der Waals surface area contributed by atoms with Crippen molar-refractivity contribution in [3.05, 3.63) is 25.3 Å². The van der Waals surface area contributed by atoms with Crippen molar-refractivity contribution in [3.8, 4) is 0 Å². The smallest absolute Gasteiger partial charge is 0.0535 e. The molecule has 0 aromatic carbocycles. The normalized spacial score (nSPS) is 11.6. The van der Waals surface area contributed by atoms with E-state index in [9.17, 15) is 0 Å². The standard InChI is InChI=1S/C5H8/c1-3-5-4-2/h3-4H,1-2,5H2/i1D. The van der Waals surface area contributed by atoms with Gasteiger partial charge >= 0.3 is 0 Å². The summed E-state index contributed by atoms with van der Waals surface area (Å²) in [6.45, 7) is 4.73. The molecule has 0 radical (unpaired) electrons. The second kappa shape index (κ2) is 3.48. The highest BCUT2D eigenvalue weighted by Gasteiger charge is 1.52. The minimum absolute atomic E-state index is 0.809. The van der Waals surface area contributed by atoms with E-state index in [0.717, 1.165) is 6.42 Å². The monoisotopic (exact) mass is 69.1 g/mol. The third-order valence-corrected chi connectivity index (χ3v) is 0.303. The van der Waals surface area contributed by atoms with Crippen LogP contribution >= 0.6 is 0 Å². The van der Waals surface area contributed by atoms with Gasteiger partial charge in [0.25, 0.3) is 0 Å². The van der Waals surface area contributed by atoms with Crippen LogP contribution in [0.1, 0.15) is 7.79 Å². The topological polar surface area (TPSA) is 0 Å². The van der Waals surface area contributed by atoms with Crippen LogP contribution in [0.15, 0.2) is 25.3 Å². The molecule has 0 aromatic heterocycles. The molecule has 0 atom stereocenters. The van der Waals surface area contributed by atoms with Crippen LogP contribution in [0.3, 0.4) is 0 Å². The van der Waals surface area contributed by atoms with E-state index >= 15 is 0 Å². The molecule has 0 bridgehead atoms. The molecule has 0 fully saturated rings. The van der Waals surface area contributed by atoms with Crippen LogP contribution in [0.25, 0.3) is 0 Å². The Morgan fingerprint density at radius 2 is 2.60 bits per heavy atom. The maximum atomic E-state index is 6.48. The summed E-state index contributed by atoms with van der Waals surface area (Å²) in [7, 11) is 0. The molecule has 0 rings (SSSR count). The van der Waals surface area contributed by atoms with Crippen LogP contribution in [-0.4, -0.2) is 0 Å². The van der Waals surface area contributed by atoms with Gasteiger partial charge in [0.15, 0.2) is 0 Å². The second-order valence-electron chi connectivity index (χ2n) is 0.760. The van der Waals surface area contributed by atoms with Gasteiger partial charge in [-0.25, -0.2) is 0 Å². The highest BCUT2D eigenvalue weighted by Crippen LogP contribution is 1.73. The average Bonchev–Trinajstić information content (AvgIpc) is 1.61. The molecule has 0 heterocycles. The first-order chi connectivity index (χ1) is 2.91. The van der Waals surface area contributed by atoms with Gasteiger partial charge in [-0.1, -0.05) is 12.2 Å². The molecular weight excluding hydrogens is 60.1 g/mol. The minimum atomic E-state index is 0.809. The average molecular weight is 69.1 g/mol. The lowest BCUT2D eigenvalue weighted by Crippen LogP contribution is -1.43. The van der Waals surface area contributed by atoms with Crippen molar-refractivity contribution in [2.24, 2.45) is 0 Å². The van der Waals surface area contributed by atoms with Crippen LogP contribution in [0.5, 0.6) is 0 Å². The molecular formula is C5H8. The summed E-state index contributed by atoms with van der Waals surface area (Å²) < 4.78 is 6.48. The number of rotatable bonds is 2. The van der Waals surface area contributed by atoms with Crippen LogP contribution in [0.4, 0.5) is 0 Å². The van der Waals surface area contributed by atoms with Crippen molar-refractivity contribution >= 4 is 0 Å². The quantitative estimate of drug-likeness (QED) is 0.433. The van der Waals surface area contributed by atoms with Gasteiger partial charge in [0.2, 0.25) is 0 Å². The first-order valence-electron chi connectivity index (χ1n) is 2.14. The SMILES string of the molecule is [2H]C=CCC=C. The third-order valence-electron chi connectivity index (χ3n) is 0.303. The van der Waals surface area contributed by atoms with Gasteiger partial charge in [-0.2, -0.15) is 0 Å². The van der Waals surface area contributed by atoms with E-state index in [1.807, 2.05) is 0 Å². The van der Waals surface area contributed by atoms with E-state index in [1.54, 1.807) is 12.2 Å². The van der Waals surface area contributed by atoms with Crippen molar-refractivity contribution in [3.63, 3.8) is 0 Å². The molecule has 0 aliphatic rings. The number of allylic oxidation sites excluding steroid dienone is 2. The molecule has 28 valence electrons. The first kappa shape index (κ1) is 2.70. The van der Waals surface area contributed by atoms with E-state index < -0.39 is 0 Å². The first-order valence-corrected chi connectivity index (χ1v) is 1.56. The molecule has 0 aliphatic heterocycles. The number of hydrogen-bond donors (Lipinski definition) is 0. The summed E-state index contributed by atoms with van der Waals surface area (Å²) in [6.07, 6.45) is 4.29. The van der Waals surface area contributed by atoms with Crippen LogP contribution in [0.2, 0.25) is 0 Å². The molecule has 0 heteroatoms. The second-order valence-corrected chi connectivity index (χ2v) is 0.760. The fraction of sp³-hybridized carbons (Fsp3) is 0.200. The Morgan fingerprint density at radius 3 is 2.80 bits per heavy atom. The van der Waals surface area contributed by atoms with E-state index in [-0.39, 0.29) is 0 Å². The summed E-state index contributed by atoms with van der Waals surface area (Å²) in [4.78, 5) is 0. The lowest BCUT2D eigenvalue weighted by atomic mass is 10.4. The zero-order chi connectivity index (χ0) is 4.83. The Labute approximate surface area is 34.2 Å². The maximum absolute atomic E-state index is 6.48. The summed E-state index contributed by atoms with van der Waals surface area (Å²) >= 11 is 0. The predicted molar refractivity (Wildman–Crippen MR) is 25.0 cm³/mol. The van der Waals surface area contributed by atoms with E-state index in [1.165, 1.54) is 6.55 Å². The molecule has 0 amide bonds. The predicted octanol–water partition coefficient (Wildman–Crippen LogP) is 1.75. The van der Waals surface area contributed by atoms with Crippen molar-refractivity contribution in [2.45, 2.75) is 6.42 Å². The van der Waals surface area contributed by atoms with Crippen molar-refractivity contribution in [1.29, 1.82) is 0 Å². The Hall–Kier alpha value is -0.520. The van der Waals surface area contributed by atoms with E-state index in [2.05, 4.69) is 6.58 Å². The summed E-state index contributed by atoms with van der Waals surface area (Å²) in [6, 6.07) is 0. The molecule has 0 aliphatic carbocycles. The Kier molecular flexibility index (Phi) is 1.88. The fourth-order valence-corrected chi connectivity index (χ4v) is 0.0962. The Balaban J connectivity index is 2.85. The Morgan fingerprint density at radius 1 is 1.80 bits per heavy atom. The molecule has 0 saturated carbocycles. The lowest BCUT2D eigenvalue weighted by Gasteiger charge is -1.64. The molecule has 0 aromatic rings. The van der Waals surface area contributed by atoms with Crippen molar-refractivity contribution in [1.82, 2.24) is 0 Å². The summed E-state index contributed by atoms with van der Waals surface area (Å²) in [5.74, 6) is 0. The third kappa shape index (κ3) is 3.48.